The van der Waals surface area contributed by atoms with E-state index in [2.05, 4.69) is 31.0 Å². The summed E-state index contributed by atoms with van der Waals surface area (Å²) < 4.78 is 12.1. The van der Waals surface area contributed by atoms with Crippen molar-refractivity contribution < 1.29 is 14.1 Å². The van der Waals surface area contributed by atoms with Gasteiger partial charge in [-0.2, -0.15) is 4.98 Å². The summed E-state index contributed by atoms with van der Waals surface area (Å²) in [6, 6.07) is 6.99. The van der Waals surface area contributed by atoms with Gasteiger partial charge in [0, 0.05) is 24.7 Å². The van der Waals surface area contributed by atoms with Gasteiger partial charge in [-0.05, 0) is 41.5 Å². The van der Waals surface area contributed by atoms with Crippen LogP contribution in [0.2, 0.25) is 0 Å². The quantitative estimate of drug-likeness (QED) is 0.715. The van der Waals surface area contributed by atoms with Crippen LogP contribution in [0, 0.1) is 0 Å². The first-order chi connectivity index (χ1) is 12.8. The Bertz CT molecular complexity index is 872. The molecule has 1 aromatic carbocycles. The number of hydrogen-bond donors (Lipinski definition) is 1. The SMILES string of the molecule is O=C(NCc1nc(C2CCOCC2)no1)c1cccc(-n2cnnn2)c1. The number of aromatic nitrogens is 6. The standard InChI is InChI=1S/C16H17N7O3/c24-16(12-2-1-3-13(8-12)23-10-18-21-22-23)17-9-14-19-15(20-26-14)11-4-6-25-7-5-11/h1-3,8,10-11H,4-7,9H2,(H,17,24). The maximum atomic E-state index is 12.4. The van der Waals surface area contributed by atoms with E-state index in [4.69, 9.17) is 9.26 Å². The largest absolute Gasteiger partial charge is 0.381 e. The zero-order valence-electron chi connectivity index (χ0n) is 13.9. The first-order valence-corrected chi connectivity index (χ1v) is 8.31. The number of tetrazole rings is 1. The summed E-state index contributed by atoms with van der Waals surface area (Å²) in [5.74, 6) is 1.07. The van der Waals surface area contributed by atoms with E-state index in [1.807, 2.05) is 6.07 Å². The number of nitrogens with zero attached hydrogens (tertiary/aromatic N) is 6. The molecule has 1 amide bonds. The molecule has 4 rings (SSSR count). The van der Waals surface area contributed by atoms with E-state index in [0.717, 1.165) is 12.8 Å². The number of benzene rings is 1. The molecular formula is C16H17N7O3. The van der Waals surface area contributed by atoms with Gasteiger partial charge in [0.1, 0.15) is 6.33 Å². The highest BCUT2D eigenvalue weighted by molar-refractivity contribution is 5.94. The number of carbonyl (C=O) groups excluding carboxylic acids is 1. The third-order valence-corrected chi connectivity index (χ3v) is 4.19. The summed E-state index contributed by atoms with van der Waals surface area (Å²) in [4.78, 5) is 16.7. The van der Waals surface area contributed by atoms with Gasteiger partial charge < -0.3 is 14.6 Å². The van der Waals surface area contributed by atoms with Gasteiger partial charge in [-0.3, -0.25) is 4.79 Å². The Morgan fingerprint density at radius 2 is 2.19 bits per heavy atom. The highest BCUT2D eigenvalue weighted by Crippen LogP contribution is 2.24. The van der Waals surface area contributed by atoms with E-state index in [9.17, 15) is 4.79 Å². The van der Waals surface area contributed by atoms with E-state index in [-0.39, 0.29) is 18.4 Å². The average molecular weight is 355 g/mol. The van der Waals surface area contributed by atoms with Gasteiger partial charge in [0.05, 0.1) is 12.2 Å². The van der Waals surface area contributed by atoms with Crippen LogP contribution in [-0.4, -0.2) is 49.5 Å². The van der Waals surface area contributed by atoms with E-state index >= 15 is 0 Å². The van der Waals surface area contributed by atoms with Crippen molar-refractivity contribution in [3.8, 4) is 5.69 Å². The van der Waals surface area contributed by atoms with Crippen molar-refractivity contribution >= 4 is 5.91 Å². The van der Waals surface area contributed by atoms with Crippen molar-refractivity contribution in [1.82, 2.24) is 35.7 Å². The van der Waals surface area contributed by atoms with Gasteiger partial charge in [-0.1, -0.05) is 11.2 Å². The summed E-state index contributed by atoms with van der Waals surface area (Å²) >= 11 is 0. The Hall–Kier alpha value is -3.14. The van der Waals surface area contributed by atoms with Crippen LogP contribution in [0.3, 0.4) is 0 Å². The Labute approximate surface area is 148 Å². The van der Waals surface area contributed by atoms with Crippen LogP contribution in [0.25, 0.3) is 5.69 Å². The van der Waals surface area contributed by atoms with Crippen LogP contribution in [0.1, 0.15) is 40.8 Å². The number of ether oxygens (including phenoxy) is 1. The average Bonchev–Trinajstić information content (AvgIpc) is 3.39. The fourth-order valence-electron chi connectivity index (χ4n) is 2.79. The van der Waals surface area contributed by atoms with Gasteiger partial charge in [0.25, 0.3) is 5.91 Å². The number of hydrogen-bond acceptors (Lipinski definition) is 8. The molecule has 0 spiro atoms. The molecule has 0 aliphatic carbocycles. The second-order valence-corrected chi connectivity index (χ2v) is 5.92. The van der Waals surface area contributed by atoms with Crippen molar-refractivity contribution in [2.24, 2.45) is 0 Å². The summed E-state index contributed by atoms with van der Waals surface area (Å²) in [7, 11) is 0. The lowest BCUT2D eigenvalue weighted by atomic mass is 10.00. The zero-order valence-corrected chi connectivity index (χ0v) is 13.9. The molecule has 0 radical (unpaired) electrons. The number of carbonyl (C=O) groups is 1. The maximum absolute atomic E-state index is 12.4. The topological polar surface area (TPSA) is 121 Å². The predicted molar refractivity (Wildman–Crippen MR) is 87.4 cm³/mol. The molecule has 3 aromatic rings. The minimum absolute atomic E-state index is 0.171. The Balaban J connectivity index is 1.38. The smallest absolute Gasteiger partial charge is 0.251 e. The molecule has 0 unspecified atom stereocenters. The zero-order chi connectivity index (χ0) is 17.8. The summed E-state index contributed by atoms with van der Waals surface area (Å²) in [6.07, 6.45) is 3.23. The lowest BCUT2D eigenvalue weighted by Gasteiger charge is -2.18. The molecule has 2 aromatic heterocycles. The summed E-state index contributed by atoms with van der Waals surface area (Å²) in [5.41, 5.74) is 1.18. The fourth-order valence-corrected chi connectivity index (χ4v) is 2.79. The molecule has 0 bridgehead atoms. The molecule has 1 fully saturated rings. The molecule has 3 heterocycles. The van der Waals surface area contributed by atoms with Crippen molar-refractivity contribution in [2.75, 3.05) is 13.2 Å². The van der Waals surface area contributed by atoms with E-state index < -0.39 is 0 Å². The number of rotatable bonds is 5. The summed E-state index contributed by atoms with van der Waals surface area (Å²) in [6.45, 7) is 1.59. The minimum Gasteiger partial charge on any atom is -0.381 e. The Morgan fingerprint density at radius 3 is 3.00 bits per heavy atom. The first-order valence-electron chi connectivity index (χ1n) is 8.31. The van der Waals surface area contributed by atoms with Gasteiger partial charge in [0.15, 0.2) is 5.82 Å². The second kappa shape index (κ2) is 7.40. The molecule has 134 valence electrons. The fraction of sp³-hybridized carbons (Fsp3) is 0.375. The number of amides is 1. The monoisotopic (exact) mass is 355 g/mol. The molecular weight excluding hydrogens is 338 g/mol. The highest BCUT2D eigenvalue weighted by Gasteiger charge is 2.21. The molecule has 26 heavy (non-hydrogen) atoms. The normalized spacial score (nSPS) is 15.1. The number of nitrogens with one attached hydrogen (secondary N) is 1. The molecule has 1 aliphatic heterocycles. The van der Waals surface area contributed by atoms with Crippen molar-refractivity contribution in [3.63, 3.8) is 0 Å². The highest BCUT2D eigenvalue weighted by atomic mass is 16.5. The van der Waals surface area contributed by atoms with Crippen LogP contribution < -0.4 is 5.32 Å². The molecule has 10 heteroatoms. The van der Waals surface area contributed by atoms with Gasteiger partial charge in [-0.15, -0.1) is 5.10 Å². The van der Waals surface area contributed by atoms with Crippen LogP contribution in [0.15, 0.2) is 35.1 Å². The molecule has 10 nitrogen and oxygen atoms in total. The van der Waals surface area contributed by atoms with Gasteiger partial charge >= 0.3 is 0 Å². The molecule has 0 saturated carbocycles. The molecule has 0 atom stereocenters. The van der Waals surface area contributed by atoms with E-state index in [1.165, 1.54) is 11.0 Å². The van der Waals surface area contributed by atoms with E-state index in [1.54, 1.807) is 18.2 Å². The second-order valence-electron chi connectivity index (χ2n) is 5.92. The minimum atomic E-state index is -0.245. The summed E-state index contributed by atoms with van der Waals surface area (Å²) in [5, 5.41) is 17.8. The predicted octanol–water partition coefficient (Wildman–Crippen LogP) is 0.869. The van der Waals surface area contributed by atoms with Gasteiger partial charge in [0.2, 0.25) is 5.89 Å². The van der Waals surface area contributed by atoms with Crippen molar-refractivity contribution in [3.05, 3.63) is 47.9 Å². The van der Waals surface area contributed by atoms with Crippen LogP contribution in [-0.2, 0) is 11.3 Å². The molecule has 1 aliphatic rings. The van der Waals surface area contributed by atoms with Crippen LogP contribution >= 0.6 is 0 Å². The Kier molecular flexibility index (Phi) is 4.65. The van der Waals surface area contributed by atoms with Gasteiger partial charge in [-0.25, -0.2) is 4.68 Å². The van der Waals surface area contributed by atoms with E-state index in [0.29, 0.717) is 36.2 Å². The Morgan fingerprint density at radius 1 is 1.31 bits per heavy atom. The maximum Gasteiger partial charge on any atom is 0.251 e. The van der Waals surface area contributed by atoms with Crippen LogP contribution in [0.5, 0.6) is 0 Å². The molecule has 1 saturated heterocycles. The van der Waals surface area contributed by atoms with Crippen molar-refractivity contribution in [1.29, 1.82) is 0 Å². The lowest BCUT2D eigenvalue weighted by molar-refractivity contribution is 0.0830. The van der Waals surface area contributed by atoms with Crippen molar-refractivity contribution in [2.45, 2.75) is 25.3 Å². The van der Waals surface area contributed by atoms with Crippen LogP contribution in [0.4, 0.5) is 0 Å². The third kappa shape index (κ3) is 3.59. The first kappa shape index (κ1) is 16.3. The molecule has 1 N–H and O–H groups in total. The lowest BCUT2D eigenvalue weighted by Crippen LogP contribution is -2.23. The third-order valence-electron chi connectivity index (χ3n) is 4.19.